The van der Waals surface area contributed by atoms with E-state index in [1.807, 2.05) is 38.2 Å². The van der Waals surface area contributed by atoms with Crippen molar-refractivity contribution in [3.05, 3.63) is 42.5 Å². The molecule has 0 bridgehead atoms. The molecule has 3 aliphatic heterocycles. The van der Waals surface area contributed by atoms with Crippen LogP contribution in [-0.2, 0) is 38.1 Å². The standard InChI is InChI=1S/C30H41NO9/c1-6-8-27-36-17-26-29(40-27)30(38-19(4)33)28(37-18(3)32)25(39-26)14-24(34)23-16-31(5)15-22(23)20-9-11-21(12-10-20)35-13-7-2/h7,9-12,22-23,25-30H,2,6,8,13-17H2,1,3-5H3/t22-,23+,25+,26-,27?,28+,29-,30-/m1/s1. The summed E-state index contributed by atoms with van der Waals surface area (Å²) in [6, 6.07) is 7.79. The number of carbonyl (C=O) groups is 3. The summed E-state index contributed by atoms with van der Waals surface area (Å²) in [7, 11) is 1.99. The van der Waals surface area contributed by atoms with E-state index in [-0.39, 0.29) is 30.6 Å². The maximum absolute atomic E-state index is 13.9. The van der Waals surface area contributed by atoms with Gasteiger partial charge in [-0.15, -0.1) is 0 Å². The van der Waals surface area contributed by atoms with Crippen LogP contribution in [0.25, 0.3) is 0 Å². The molecule has 0 amide bonds. The van der Waals surface area contributed by atoms with Gasteiger partial charge in [0, 0.05) is 45.2 Å². The Morgan fingerprint density at radius 3 is 2.40 bits per heavy atom. The third kappa shape index (κ3) is 7.28. The molecule has 10 nitrogen and oxygen atoms in total. The van der Waals surface area contributed by atoms with Crippen LogP contribution < -0.4 is 4.74 Å². The van der Waals surface area contributed by atoms with Gasteiger partial charge in [0.2, 0.25) is 0 Å². The largest absolute Gasteiger partial charge is 0.490 e. The maximum atomic E-state index is 13.9. The van der Waals surface area contributed by atoms with Crippen molar-refractivity contribution in [2.75, 3.05) is 33.4 Å². The highest BCUT2D eigenvalue weighted by molar-refractivity contribution is 5.83. The molecule has 3 aliphatic rings. The molecular weight excluding hydrogens is 518 g/mol. The van der Waals surface area contributed by atoms with Crippen molar-refractivity contribution in [1.29, 1.82) is 0 Å². The van der Waals surface area contributed by atoms with Gasteiger partial charge in [0.25, 0.3) is 0 Å². The zero-order valence-electron chi connectivity index (χ0n) is 23.8. The van der Waals surface area contributed by atoms with Gasteiger partial charge in [-0.25, -0.2) is 0 Å². The minimum absolute atomic E-state index is 0.00709. The summed E-state index contributed by atoms with van der Waals surface area (Å²) >= 11 is 0. The van der Waals surface area contributed by atoms with Gasteiger partial charge in [-0.1, -0.05) is 38.1 Å². The molecule has 3 saturated heterocycles. The van der Waals surface area contributed by atoms with Crippen molar-refractivity contribution in [2.45, 2.75) is 82.8 Å². The number of likely N-dealkylation sites (tertiary alicyclic amines) is 1. The minimum Gasteiger partial charge on any atom is -0.490 e. The van der Waals surface area contributed by atoms with Crippen molar-refractivity contribution < 1.29 is 42.8 Å². The monoisotopic (exact) mass is 559 g/mol. The number of Topliss-reactive ketones (excluding diaryl/α,β-unsaturated/α-hetero) is 1. The van der Waals surface area contributed by atoms with E-state index in [1.54, 1.807) is 6.08 Å². The van der Waals surface area contributed by atoms with Crippen molar-refractivity contribution in [2.24, 2.45) is 5.92 Å². The summed E-state index contributed by atoms with van der Waals surface area (Å²) in [4.78, 5) is 40.2. The molecule has 1 aromatic carbocycles. The molecule has 0 N–H and O–H groups in total. The van der Waals surface area contributed by atoms with E-state index in [4.69, 9.17) is 28.4 Å². The molecule has 40 heavy (non-hydrogen) atoms. The highest BCUT2D eigenvalue weighted by Crippen LogP contribution is 2.38. The summed E-state index contributed by atoms with van der Waals surface area (Å²) in [6.45, 7) is 10.2. The van der Waals surface area contributed by atoms with E-state index in [9.17, 15) is 14.4 Å². The summed E-state index contributed by atoms with van der Waals surface area (Å²) in [5.41, 5.74) is 1.05. The first-order valence-electron chi connectivity index (χ1n) is 14.0. The SMILES string of the molecule is C=CCOc1ccc([C@H]2CN(C)C[C@@H]2C(=O)C[C@@H]2O[C@@H]3COC(CCC)O[C@H]3[C@H](OC(C)=O)[C@H]2OC(C)=O)cc1. The first kappa shape index (κ1) is 30.2. The summed E-state index contributed by atoms with van der Waals surface area (Å²) in [5, 5.41) is 0. The summed E-state index contributed by atoms with van der Waals surface area (Å²) in [6.07, 6.45) is -1.30. The number of nitrogens with zero attached hydrogens (tertiary/aromatic N) is 1. The Hall–Kier alpha value is -2.79. The Labute approximate surface area is 235 Å². The van der Waals surface area contributed by atoms with Crippen LogP contribution in [-0.4, -0.2) is 92.8 Å². The zero-order valence-corrected chi connectivity index (χ0v) is 23.8. The van der Waals surface area contributed by atoms with E-state index in [0.29, 0.717) is 19.6 Å². The lowest BCUT2D eigenvalue weighted by atomic mass is 9.82. The molecule has 0 spiro atoms. The Balaban J connectivity index is 1.54. The Morgan fingerprint density at radius 2 is 1.75 bits per heavy atom. The van der Waals surface area contributed by atoms with Crippen LogP contribution in [0.15, 0.2) is 36.9 Å². The first-order chi connectivity index (χ1) is 19.2. The zero-order chi connectivity index (χ0) is 28.8. The van der Waals surface area contributed by atoms with Crippen LogP contribution in [0.2, 0.25) is 0 Å². The number of hydrogen-bond acceptors (Lipinski definition) is 10. The predicted octanol–water partition coefficient (Wildman–Crippen LogP) is 3.03. The van der Waals surface area contributed by atoms with Crippen LogP contribution in [0, 0.1) is 5.92 Å². The number of ketones is 1. The van der Waals surface area contributed by atoms with Gasteiger partial charge in [-0.2, -0.15) is 0 Å². The van der Waals surface area contributed by atoms with E-state index in [0.717, 1.165) is 24.3 Å². The molecule has 220 valence electrons. The van der Waals surface area contributed by atoms with Gasteiger partial charge >= 0.3 is 11.9 Å². The number of rotatable bonds is 11. The van der Waals surface area contributed by atoms with E-state index >= 15 is 0 Å². The lowest BCUT2D eigenvalue weighted by molar-refractivity contribution is -0.327. The first-order valence-corrected chi connectivity index (χ1v) is 14.0. The van der Waals surface area contributed by atoms with Crippen LogP contribution >= 0.6 is 0 Å². The average molecular weight is 560 g/mol. The normalized spacial score (nSPS) is 32.1. The fourth-order valence-electron chi connectivity index (χ4n) is 5.90. The lowest BCUT2D eigenvalue weighted by Crippen LogP contribution is -2.65. The number of carbonyl (C=O) groups excluding carboxylic acids is 3. The Kier molecular flexibility index (Phi) is 10.3. The fraction of sp³-hybridized carbons (Fsp3) is 0.633. The van der Waals surface area contributed by atoms with Crippen LogP contribution in [0.4, 0.5) is 0 Å². The van der Waals surface area contributed by atoms with Gasteiger partial charge in [0.15, 0.2) is 18.5 Å². The molecule has 0 aromatic heterocycles. The number of ether oxygens (including phenoxy) is 6. The van der Waals surface area contributed by atoms with Crippen molar-refractivity contribution in [3.8, 4) is 5.75 Å². The molecule has 3 fully saturated rings. The number of benzene rings is 1. The smallest absolute Gasteiger partial charge is 0.303 e. The second kappa shape index (κ2) is 13.7. The third-order valence-electron chi connectivity index (χ3n) is 7.61. The molecule has 10 heteroatoms. The molecule has 0 saturated carbocycles. The van der Waals surface area contributed by atoms with Gasteiger partial charge in [-0.3, -0.25) is 14.4 Å². The molecular formula is C30H41NO9. The number of hydrogen-bond donors (Lipinski definition) is 0. The quantitative estimate of drug-likeness (QED) is 0.296. The van der Waals surface area contributed by atoms with Crippen molar-refractivity contribution in [1.82, 2.24) is 4.90 Å². The topological polar surface area (TPSA) is 110 Å². The van der Waals surface area contributed by atoms with Gasteiger partial charge < -0.3 is 33.3 Å². The lowest BCUT2D eigenvalue weighted by Gasteiger charge is -2.48. The highest BCUT2D eigenvalue weighted by Gasteiger charge is 2.54. The van der Waals surface area contributed by atoms with Crippen LogP contribution in [0.5, 0.6) is 5.75 Å². The van der Waals surface area contributed by atoms with Gasteiger partial charge in [-0.05, 0) is 31.2 Å². The predicted molar refractivity (Wildman–Crippen MR) is 145 cm³/mol. The number of esters is 2. The summed E-state index contributed by atoms with van der Waals surface area (Å²) < 4.78 is 35.2. The maximum Gasteiger partial charge on any atom is 0.303 e. The molecule has 1 unspecified atom stereocenters. The Bertz CT molecular complexity index is 1040. The van der Waals surface area contributed by atoms with Gasteiger partial charge in [0.1, 0.15) is 36.5 Å². The van der Waals surface area contributed by atoms with Gasteiger partial charge in [0.05, 0.1) is 6.61 Å². The molecule has 1 aromatic rings. The molecule has 0 radical (unpaired) electrons. The number of fused-ring (bicyclic) bond motifs is 1. The van der Waals surface area contributed by atoms with Crippen molar-refractivity contribution in [3.63, 3.8) is 0 Å². The van der Waals surface area contributed by atoms with E-state index in [1.165, 1.54) is 13.8 Å². The van der Waals surface area contributed by atoms with E-state index in [2.05, 4.69) is 11.5 Å². The minimum atomic E-state index is -0.995. The molecule has 0 aliphatic carbocycles. The second-order valence-electron chi connectivity index (χ2n) is 10.8. The van der Waals surface area contributed by atoms with Crippen molar-refractivity contribution >= 4 is 17.7 Å². The summed E-state index contributed by atoms with van der Waals surface area (Å²) in [5.74, 6) is -0.671. The van der Waals surface area contributed by atoms with Crippen LogP contribution in [0.3, 0.4) is 0 Å². The fourth-order valence-corrected chi connectivity index (χ4v) is 5.90. The van der Waals surface area contributed by atoms with Crippen LogP contribution in [0.1, 0.15) is 51.5 Å². The molecule has 4 rings (SSSR count). The Morgan fingerprint density at radius 1 is 1.05 bits per heavy atom. The third-order valence-corrected chi connectivity index (χ3v) is 7.61. The average Bonchev–Trinajstić information content (AvgIpc) is 3.31. The molecule has 8 atom stereocenters. The van der Waals surface area contributed by atoms with E-state index < -0.39 is 48.7 Å². The number of likely N-dealkylation sites (N-methyl/N-ethyl adjacent to an activating group) is 1. The molecule has 3 heterocycles. The highest BCUT2D eigenvalue weighted by atomic mass is 16.7. The second-order valence-corrected chi connectivity index (χ2v) is 10.8.